The van der Waals surface area contributed by atoms with Crippen molar-refractivity contribution in [1.29, 1.82) is 0 Å². The number of aromatic nitrogens is 3. The summed E-state index contributed by atoms with van der Waals surface area (Å²) >= 11 is 7.19. The molecule has 0 aliphatic carbocycles. The minimum atomic E-state index is 0.0380. The molecule has 2 N–H and O–H groups in total. The van der Waals surface area contributed by atoms with Crippen molar-refractivity contribution in [3.8, 4) is 11.4 Å². The van der Waals surface area contributed by atoms with Crippen LogP contribution in [0.5, 0.6) is 0 Å². The van der Waals surface area contributed by atoms with Crippen molar-refractivity contribution in [1.82, 2.24) is 14.9 Å². The Hall–Kier alpha value is -2.51. The van der Waals surface area contributed by atoms with Crippen LogP contribution < -0.4 is 10.7 Å². The van der Waals surface area contributed by atoms with Gasteiger partial charge in [0.2, 0.25) is 11.1 Å². The number of fused-ring (bicyclic) bond motifs is 1. The fourth-order valence-corrected chi connectivity index (χ4v) is 3.83. The molecule has 1 amide bonds. The molecule has 0 atom stereocenters. The van der Waals surface area contributed by atoms with Crippen molar-refractivity contribution >= 4 is 35.0 Å². The Morgan fingerprint density at radius 3 is 2.73 bits per heavy atom. The highest BCUT2D eigenvalue weighted by Gasteiger charge is 2.24. The topological polar surface area (TPSA) is 77.0 Å². The Bertz CT molecular complexity index is 956. The lowest BCUT2D eigenvalue weighted by Crippen LogP contribution is -2.30. The average molecular weight is 386 g/mol. The number of halogens is 1. The highest BCUT2D eigenvalue weighted by molar-refractivity contribution is 7.99. The summed E-state index contributed by atoms with van der Waals surface area (Å²) in [5, 5.41) is 9.37. The quantitative estimate of drug-likeness (QED) is 0.551. The lowest BCUT2D eigenvalue weighted by Gasteiger charge is -2.16. The Kier molecular flexibility index (Phi) is 4.57. The van der Waals surface area contributed by atoms with Gasteiger partial charge in [-0.25, -0.2) is 4.68 Å². The molecule has 1 aliphatic rings. The van der Waals surface area contributed by atoms with Gasteiger partial charge in [-0.15, -0.1) is 10.2 Å². The molecule has 132 valence electrons. The lowest BCUT2D eigenvalue weighted by molar-refractivity contribution is -0.116. The number of nitrogens with two attached hydrogens (primary N) is 1. The SMILES string of the molecule is Nn1c(SCC(=O)N2CCc3ccccc32)nnc1-c1ccc(Cl)cc1. The van der Waals surface area contributed by atoms with Crippen LogP contribution in [-0.2, 0) is 11.2 Å². The van der Waals surface area contributed by atoms with Gasteiger partial charge in [-0.2, -0.15) is 0 Å². The molecule has 0 unspecified atom stereocenters. The standard InChI is InChI=1S/C18H16ClN5OS/c19-14-7-5-13(6-8-14)17-21-22-18(24(17)20)26-11-16(25)23-10-9-12-3-1-2-4-15(12)23/h1-8H,9-11,20H2. The molecule has 0 saturated heterocycles. The van der Waals surface area contributed by atoms with Crippen LogP contribution in [0.4, 0.5) is 5.69 Å². The van der Waals surface area contributed by atoms with E-state index in [4.69, 9.17) is 17.4 Å². The van der Waals surface area contributed by atoms with E-state index in [-0.39, 0.29) is 11.7 Å². The van der Waals surface area contributed by atoms with Gasteiger partial charge >= 0.3 is 0 Å². The molecule has 0 radical (unpaired) electrons. The van der Waals surface area contributed by atoms with Gasteiger partial charge in [-0.1, -0.05) is 41.6 Å². The molecule has 26 heavy (non-hydrogen) atoms. The summed E-state index contributed by atoms with van der Waals surface area (Å²) in [5.74, 6) is 6.93. The van der Waals surface area contributed by atoms with Gasteiger partial charge < -0.3 is 10.7 Å². The Morgan fingerprint density at radius 2 is 1.92 bits per heavy atom. The van der Waals surface area contributed by atoms with Crippen molar-refractivity contribution in [3.63, 3.8) is 0 Å². The van der Waals surface area contributed by atoms with Gasteiger partial charge in [0.25, 0.3) is 0 Å². The van der Waals surface area contributed by atoms with Crippen LogP contribution in [0.25, 0.3) is 11.4 Å². The molecule has 0 saturated carbocycles. The summed E-state index contributed by atoms with van der Waals surface area (Å²) in [7, 11) is 0. The Balaban J connectivity index is 1.46. The first-order chi connectivity index (χ1) is 12.6. The molecule has 0 spiro atoms. The number of nitrogen functional groups attached to an aromatic ring is 1. The summed E-state index contributed by atoms with van der Waals surface area (Å²) in [6, 6.07) is 15.2. The average Bonchev–Trinajstić information content (AvgIpc) is 3.24. The van der Waals surface area contributed by atoms with E-state index < -0.39 is 0 Å². The largest absolute Gasteiger partial charge is 0.335 e. The zero-order valence-corrected chi connectivity index (χ0v) is 15.4. The minimum Gasteiger partial charge on any atom is -0.335 e. The first-order valence-electron chi connectivity index (χ1n) is 8.11. The predicted molar refractivity (Wildman–Crippen MR) is 104 cm³/mol. The van der Waals surface area contributed by atoms with E-state index in [9.17, 15) is 4.79 Å². The molecule has 8 heteroatoms. The van der Waals surface area contributed by atoms with E-state index >= 15 is 0 Å². The van der Waals surface area contributed by atoms with Crippen LogP contribution in [-0.4, -0.2) is 33.1 Å². The van der Waals surface area contributed by atoms with Crippen LogP contribution in [0.15, 0.2) is 53.7 Å². The number of thioether (sulfide) groups is 1. The number of para-hydroxylation sites is 1. The van der Waals surface area contributed by atoms with Crippen LogP contribution in [0.1, 0.15) is 5.56 Å². The van der Waals surface area contributed by atoms with E-state index in [1.165, 1.54) is 22.0 Å². The van der Waals surface area contributed by atoms with Gasteiger partial charge in [-0.3, -0.25) is 4.79 Å². The molecule has 6 nitrogen and oxygen atoms in total. The molecule has 3 aromatic rings. The Morgan fingerprint density at radius 1 is 1.15 bits per heavy atom. The first kappa shape index (κ1) is 16.9. The van der Waals surface area contributed by atoms with E-state index in [1.54, 1.807) is 12.1 Å². The van der Waals surface area contributed by atoms with Crippen LogP contribution >= 0.6 is 23.4 Å². The molecule has 4 rings (SSSR count). The maximum atomic E-state index is 12.6. The van der Waals surface area contributed by atoms with Gasteiger partial charge in [0, 0.05) is 22.8 Å². The van der Waals surface area contributed by atoms with E-state index in [0.717, 1.165) is 17.7 Å². The number of anilines is 1. The van der Waals surface area contributed by atoms with E-state index in [2.05, 4.69) is 16.3 Å². The zero-order valence-electron chi connectivity index (χ0n) is 13.8. The van der Waals surface area contributed by atoms with Gasteiger partial charge in [0.1, 0.15) is 0 Å². The Labute approximate surface area is 159 Å². The second-order valence-electron chi connectivity index (χ2n) is 5.90. The maximum Gasteiger partial charge on any atom is 0.237 e. The molecule has 2 heterocycles. The molecule has 2 aromatic carbocycles. The monoisotopic (exact) mass is 385 g/mol. The summed E-state index contributed by atoms with van der Waals surface area (Å²) < 4.78 is 1.40. The van der Waals surface area contributed by atoms with Crippen LogP contribution in [0.3, 0.4) is 0 Å². The minimum absolute atomic E-state index is 0.0380. The number of benzene rings is 2. The number of amides is 1. The van der Waals surface area contributed by atoms with Gasteiger partial charge in [0.05, 0.1) is 5.75 Å². The lowest BCUT2D eigenvalue weighted by atomic mass is 10.2. The highest BCUT2D eigenvalue weighted by atomic mass is 35.5. The first-order valence-corrected chi connectivity index (χ1v) is 9.47. The van der Waals surface area contributed by atoms with Crippen molar-refractivity contribution < 1.29 is 4.79 Å². The molecular formula is C18H16ClN5OS. The van der Waals surface area contributed by atoms with E-state index in [1.807, 2.05) is 35.2 Å². The fourth-order valence-electron chi connectivity index (χ4n) is 2.97. The molecule has 0 bridgehead atoms. The number of rotatable bonds is 4. The van der Waals surface area contributed by atoms with Crippen molar-refractivity contribution in [3.05, 3.63) is 59.1 Å². The fraction of sp³-hybridized carbons (Fsp3) is 0.167. The van der Waals surface area contributed by atoms with E-state index in [0.29, 0.717) is 22.5 Å². The number of nitrogens with zero attached hydrogens (tertiary/aromatic N) is 4. The second kappa shape index (κ2) is 7.01. The number of hydrogen-bond donors (Lipinski definition) is 1. The van der Waals surface area contributed by atoms with Crippen molar-refractivity contribution in [2.45, 2.75) is 11.6 Å². The smallest absolute Gasteiger partial charge is 0.237 e. The number of carbonyl (C=O) groups excluding carboxylic acids is 1. The summed E-state index contributed by atoms with van der Waals surface area (Å²) in [4.78, 5) is 14.4. The molecule has 1 aliphatic heterocycles. The van der Waals surface area contributed by atoms with Gasteiger partial charge in [-0.05, 0) is 42.3 Å². The molecular weight excluding hydrogens is 370 g/mol. The summed E-state index contributed by atoms with van der Waals surface area (Å²) in [6.07, 6.45) is 0.889. The van der Waals surface area contributed by atoms with Crippen molar-refractivity contribution in [2.24, 2.45) is 0 Å². The normalized spacial score (nSPS) is 13.0. The predicted octanol–water partition coefficient (Wildman–Crippen LogP) is 2.99. The van der Waals surface area contributed by atoms with Crippen LogP contribution in [0, 0.1) is 0 Å². The highest BCUT2D eigenvalue weighted by Crippen LogP contribution is 2.29. The zero-order chi connectivity index (χ0) is 18.1. The third-order valence-electron chi connectivity index (χ3n) is 4.28. The third-order valence-corrected chi connectivity index (χ3v) is 5.46. The summed E-state index contributed by atoms with van der Waals surface area (Å²) in [5.41, 5.74) is 3.02. The maximum absolute atomic E-state index is 12.6. The van der Waals surface area contributed by atoms with Crippen LogP contribution in [0.2, 0.25) is 5.02 Å². The number of hydrogen-bond acceptors (Lipinski definition) is 5. The third kappa shape index (κ3) is 3.15. The second-order valence-corrected chi connectivity index (χ2v) is 7.27. The van der Waals surface area contributed by atoms with Gasteiger partial charge in [0.15, 0.2) is 5.82 Å². The number of carbonyl (C=O) groups is 1. The molecule has 1 aromatic heterocycles. The van der Waals surface area contributed by atoms with Crippen molar-refractivity contribution in [2.75, 3.05) is 23.0 Å². The summed E-state index contributed by atoms with van der Waals surface area (Å²) in [6.45, 7) is 0.712. The molecule has 0 fully saturated rings.